The van der Waals surface area contributed by atoms with Crippen molar-refractivity contribution in [2.75, 3.05) is 26.2 Å². The van der Waals surface area contributed by atoms with Gasteiger partial charge in [0.05, 0.1) is 6.54 Å². The summed E-state index contributed by atoms with van der Waals surface area (Å²) in [7, 11) is 0. The highest BCUT2D eigenvalue weighted by Gasteiger charge is 2.44. The number of rotatable bonds is 7. The maximum Gasteiger partial charge on any atom is 0.216 e. The lowest BCUT2D eigenvalue weighted by Gasteiger charge is -2.16. The van der Waals surface area contributed by atoms with Crippen molar-refractivity contribution in [2.45, 2.75) is 32.1 Å². The molecule has 0 bridgehead atoms. The molecule has 0 radical (unpaired) electrons. The Balaban J connectivity index is 1.93. The number of carbonyl (C=O) groups excluding carboxylic acids is 1. The van der Waals surface area contributed by atoms with Crippen LogP contribution in [0.4, 0.5) is 0 Å². The number of benzene rings is 1. The van der Waals surface area contributed by atoms with Crippen LogP contribution in [-0.2, 0) is 10.2 Å². The van der Waals surface area contributed by atoms with Crippen molar-refractivity contribution in [1.29, 1.82) is 0 Å². The van der Waals surface area contributed by atoms with Crippen LogP contribution < -0.4 is 16.0 Å². The van der Waals surface area contributed by atoms with Gasteiger partial charge in [-0.15, -0.1) is 0 Å². The Morgan fingerprint density at radius 1 is 1.26 bits per heavy atom. The van der Waals surface area contributed by atoms with Gasteiger partial charge in [0.2, 0.25) is 5.91 Å². The van der Waals surface area contributed by atoms with Crippen molar-refractivity contribution in [3.63, 3.8) is 0 Å². The zero-order valence-electron chi connectivity index (χ0n) is 13.8. The van der Waals surface area contributed by atoms with E-state index in [2.05, 4.69) is 22.0 Å². The molecule has 0 aromatic heterocycles. The van der Waals surface area contributed by atoms with Gasteiger partial charge >= 0.3 is 0 Å². The van der Waals surface area contributed by atoms with Crippen LogP contribution in [0.5, 0.6) is 0 Å². The molecule has 0 aliphatic heterocycles. The molecule has 1 aromatic rings. The van der Waals surface area contributed by atoms with Gasteiger partial charge in [-0.05, 0) is 37.5 Å². The SMILES string of the molecule is CCNC(=NCC1(c2cccc(Cl)c2)CC1)NCCNC(C)=O. The first-order valence-corrected chi connectivity index (χ1v) is 8.46. The zero-order valence-corrected chi connectivity index (χ0v) is 14.5. The Kier molecular flexibility index (Phi) is 6.28. The molecule has 6 heteroatoms. The van der Waals surface area contributed by atoms with Gasteiger partial charge in [-0.3, -0.25) is 9.79 Å². The lowest BCUT2D eigenvalue weighted by Crippen LogP contribution is -2.41. The number of nitrogens with one attached hydrogen (secondary N) is 3. The average Bonchev–Trinajstić information content (AvgIpc) is 3.30. The molecule has 1 aliphatic carbocycles. The third-order valence-corrected chi connectivity index (χ3v) is 4.20. The molecule has 0 heterocycles. The minimum Gasteiger partial charge on any atom is -0.357 e. The second-order valence-corrected chi connectivity index (χ2v) is 6.33. The van der Waals surface area contributed by atoms with Gasteiger partial charge in [0.25, 0.3) is 0 Å². The first-order valence-electron chi connectivity index (χ1n) is 8.08. The first-order chi connectivity index (χ1) is 11.1. The topological polar surface area (TPSA) is 65.5 Å². The van der Waals surface area contributed by atoms with Gasteiger partial charge in [0.1, 0.15) is 0 Å². The van der Waals surface area contributed by atoms with Crippen LogP contribution in [0.2, 0.25) is 5.02 Å². The molecule has 1 saturated carbocycles. The predicted molar refractivity (Wildman–Crippen MR) is 95.0 cm³/mol. The molecule has 0 saturated heterocycles. The minimum absolute atomic E-state index is 0.0216. The van der Waals surface area contributed by atoms with Crippen molar-refractivity contribution in [3.05, 3.63) is 34.9 Å². The third-order valence-electron chi connectivity index (χ3n) is 3.97. The number of aliphatic imine (C=N–C) groups is 1. The second-order valence-electron chi connectivity index (χ2n) is 5.90. The number of halogens is 1. The van der Waals surface area contributed by atoms with Gasteiger partial charge in [-0.25, -0.2) is 0 Å². The lowest BCUT2D eigenvalue weighted by molar-refractivity contribution is -0.118. The van der Waals surface area contributed by atoms with Crippen LogP contribution in [-0.4, -0.2) is 38.0 Å². The molecule has 1 aliphatic rings. The van der Waals surface area contributed by atoms with Crippen LogP contribution in [0.1, 0.15) is 32.3 Å². The minimum atomic E-state index is -0.0216. The summed E-state index contributed by atoms with van der Waals surface area (Å²) >= 11 is 6.11. The van der Waals surface area contributed by atoms with Crippen LogP contribution in [0.25, 0.3) is 0 Å². The summed E-state index contributed by atoms with van der Waals surface area (Å²) in [6, 6.07) is 8.07. The van der Waals surface area contributed by atoms with Gasteiger partial charge in [-0.1, -0.05) is 23.7 Å². The number of hydrogen-bond acceptors (Lipinski definition) is 2. The fourth-order valence-corrected chi connectivity index (χ4v) is 2.69. The van der Waals surface area contributed by atoms with Crippen LogP contribution in [0.3, 0.4) is 0 Å². The van der Waals surface area contributed by atoms with E-state index in [1.165, 1.54) is 12.5 Å². The summed E-state index contributed by atoms with van der Waals surface area (Å²) in [5.41, 5.74) is 1.40. The molecule has 23 heavy (non-hydrogen) atoms. The highest BCUT2D eigenvalue weighted by molar-refractivity contribution is 6.30. The normalized spacial score (nSPS) is 15.9. The highest BCUT2D eigenvalue weighted by atomic mass is 35.5. The number of nitrogens with zero attached hydrogens (tertiary/aromatic N) is 1. The van der Waals surface area contributed by atoms with Crippen molar-refractivity contribution >= 4 is 23.5 Å². The van der Waals surface area contributed by atoms with Gasteiger partial charge in [0.15, 0.2) is 5.96 Å². The molecule has 0 unspecified atom stereocenters. The van der Waals surface area contributed by atoms with E-state index < -0.39 is 0 Å². The number of carbonyl (C=O) groups is 1. The van der Waals surface area contributed by atoms with E-state index in [0.29, 0.717) is 13.1 Å². The van der Waals surface area contributed by atoms with E-state index in [4.69, 9.17) is 16.6 Å². The fourth-order valence-electron chi connectivity index (χ4n) is 2.50. The molecule has 1 aromatic carbocycles. The van der Waals surface area contributed by atoms with Crippen LogP contribution in [0.15, 0.2) is 29.3 Å². The summed E-state index contributed by atoms with van der Waals surface area (Å²) in [6.45, 7) is 6.32. The molecular weight excluding hydrogens is 312 g/mol. The van der Waals surface area contributed by atoms with E-state index in [1.54, 1.807) is 0 Å². The van der Waals surface area contributed by atoms with E-state index in [9.17, 15) is 4.79 Å². The zero-order chi connectivity index (χ0) is 16.7. The van der Waals surface area contributed by atoms with Crippen LogP contribution >= 0.6 is 11.6 Å². The second kappa shape index (κ2) is 8.20. The smallest absolute Gasteiger partial charge is 0.216 e. The standard InChI is InChI=1S/C17H25ClN4O/c1-3-19-16(21-10-9-20-13(2)23)22-12-17(7-8-17)14-5-4-6-15(18)11-14/h4-6,11H,3,7-10,12H2,1-2H3,(H,20,23)(H2,19,21,22). The maximum atomic E-state index is 10.9. The fraction of sp³-hybridized carbons (Fsp3) is 0.529. The maximum absolute atomic E-state index is 10.9. The van der Waals surface area contributed by atoms with E-state index >= 15 is 0 Å². The third kappa shape index (κ3) is 5.43. The van der Waals surface area contributed by atoms with Crippen LogP contribution in [0, 0.1) is 0 Å². The highest BCUT2D eigenvalue weighted by Crippen LogP contribution is 2.48. The van der Waals surface area contributed by atoms with Crippen molar-refractivity contribution in [2.24, 2.45) is 4.99 Å². The molecule has 3 N–H and O–H groups in total. The van der Waals surface area contributed by atoms with Gasteiger partial charge < -0.3 is 16.0 Å². The number of guanidine groups is 1. The van der Waals surface area contributed by atoms with Gasteiger partial charge in [-0.2, -0.15) is 0 Å². The summed E-state index contributed by atoms with van der Waals surface area (Å²) in [6.07, 6.45) is 2.28. The summed E-state index contributed by atoms with van der Waals surface area (Å²) in [4.78, 5) is 15.6. The van der Waals surface area contributed by atoms with E-state index in [-0.39, 0.29) is 11.3 Å². The molecule has 126 valence electrons. The lowest BCUT2D eigenvalue weighted by atomic mass is 9.96. The molecule has 1 amide bonds. The number of amides is 1. The number of hydrogen-bond donors (Lipinski definition) is 3. The first kappa shape index (κ1) is 17.6. The largest absolute Gasteiger partial charge is 0.357 e. The summed E-state index contributed by atoms with van der Waals surface area (Å²) in [5.74, 6) is 0.762. The Bertz CT molecular complexity index is 569. The Labute approximate surface area is 142 Å². The van der Waals surface area contributed by atoms with Crippen molar-refractivity contribution in [3.8, 4) is 0 Å². The van der Waals surface area contributed by atoms with Crippen molar-refractivity contribution < 1.29 is 4.79 Å². The molecular formula is C17H25ClN4O. The molecule has 2 rings (SSSR count). The summed E-state index contributed by atoms with van der Waals surface area (Å²) < 4.78 is 0. The van der Waals surface area contributed by atoms with Gasteiger partial charge in [0, 0.05) is 37.0 Å². The Morgan fingerprint density at radius 3 is 2.61 bits per heavy atom. The Morgan fingerprint density at radius 2 is 2.00 bits per heavy atom. The van der Waals surface area contributed by atoms with Crippen molar-refractivity contribution in [1.82, 2.24) is 16.0 Å². The quantitative estimate of drug-likeness (QED) is 0.406. The molecule has 5 nitrogen and oxygen atoms in total. The van der Waals surface area contributed by atoms with E-state index in [0.717, 1.165) is 36.9 Å². The predicted octanol–water partition coefficient (Wildman–Crippen LogP) is 2.06. The Hall–Kier alpha value is -1.75. The average molecular weight is 337 g/mol. The summed E-state index contributed by atoms with van der Waals surface area (Å²) in [5, 5.41) is 10.0. The molecule has 0 atom stereocenters. The molecule has 1 fully saturated rings. The van der Waals surface area contributed by atoms with E-state index in [1.807, 2.05) is 25.1 Å². The monoisotopic (exact) mass is 336 g/mol. The molecule has 0 spiro atoms.